The van der Waals surface area contributed by atoms with Gasteiger partial charge in [0.2, 0.25) is 5.91 Å². The summed E-state index contributed by atoms with van der Waals surface area (Å²) in [7, 11) is 3.25. The molecule has 4 nitrogen and oxygen atoms in total. The van der Waals surface area contributed by atoms with E-state index in [1.165, 1.54) is 0 Å². The molecule has 0 bridgehead atoms. The molecule has 0 spiro atoms. The van der Waals surface area contributed by atoms with Crippen LogP contribution in [-0.2, 0) is 11.2 Å². The summed E-state index contributed by atoms with van der Waals surface area (Å²) in [4.78, 5) is 11.6. The Bertz CT molecular complexity index is 430. The summed E-state index contributed by atoms with van der Waals surface area (Å²) in [6.45, 7) is 4.92. The maximum atomic E-state index is 11.6. The van der Waals surface area contributed by atoms with Crippen LogP contribution in [0.15, 0.2) is 18.2 Å². The van der Waals surface area contributed by atoms with Crippen molar-refractivity contribution in [2.45, 2.75) is 33.1 Å². The van der Waals surface area contributed by atoms with Crippen molar-refractivity contribution in [1.82, 2.24) is 5.32 Å². The lowest BCUT2D eigenvalue weighted by Crippen LogP contribution is -2.27. The summed E-state index contributed by atoms with van der Waals surface area (Å²) in [6.07, 6.45) is 2.25. The van der Waals surface area contributed by atoms with Crippen LogP contribution in [-0.4, -0.2) is 26.7 Å². The highest BCUT2D eigenvalue weighted by Crippen LogP contribution is 2.28. The van der Waals surface area contributed by atoms with Crippen molar-refractivity contribution in [1.29, 1.82) is 0 Å². The first kappa shape index (κ1) is 16.3. The second-order valence-electron chi connectivity index (χ2n) is 5.24. The first-order valence-electron chi connectivity index (χ1n) is 7.04. The van der Waals surface area contributed by atoms with Gasteiger partial charge in [0.1, 0.15) is 0 Å². The van der Waals surface area contributed by atoms with Gasteiger partial charge in [0.05, 0.1) is 14.2 Å². The van der Waals surface area contributed by atoms with Crippen LogP contribution in [0.2, 0.25) is 0 Å². The predicted molar refractivity (Wildman–Crippen MR) is 80.3 cm³/mol. The number of benzene rings is 1. The largest absolute Gasteiger partial charge is 0.493 e. The van der Waals surface area contributed by atoms with Gasteiger partial charge in [-0.25, -0.2) is 0 Å². The fourth-order valence-corrected chi connectivity index (χ4v) is 1.90. The van der Waals surface area contributed by atoms with Crippen LogP contribution >= 0.6 is 0 Å². The van der Waals surface area contributed by atoms with Crippen molar-refractivity contribution >= 4 is 5.91 Å². The van der Waals surface area contributed by atoms with E-state index in [0.29, 0.717) is 12.3 Å². The first-order valence-corrected chi connectivity index (χ1v) is 7.04. The van der Waals surface area contributed by atoms with Gasteiger partial charge in [-0.2, -0.15) is 0 Å². The van der Waals surface area contributed by atoms with E-state index >= 15 is 0 Å². The molecule has 0 aromatic heterocycles. The number of rotatable bonds is 8. The van der Waals surface area contributed by atoms with Crippen molar-refractivity contribution in [2.24, 2.45) is 5.92 Å². The molecule has 0 saturated carbocycles. The molecule has 20 heavy (non-hydrogen) atoms. The number of hydrogen-bond donors (Lipinski definition) is 1. The molecule has 1 aromatic rings. The Morgan fingerprint density at radius 2 is 1.90 bits per heavy atom. The van der Waals surface area contributed by atoms with Crippen molar-refractivity contribution in [3.8, 4) is 11.5 Å². The lowest BCUT2D eigenvalue weighted by atomic mass is 10.1. The fraction of sp³-hybridized carbons (Fsp3) is 0.562. The average Bonchev–Trinajstić information content (AvgIpc) is 2.44. The topological polar surface area (TPSA) is 47.6 Å². The van der Waals surface area contributed by atoms with Gasteiger partial charge in [0.15, 0.2) is 11.5 Å². The molecule has 1 N–H and O–H groups in total. The van der Waals surface area contributed by atoms with Crippen molar-refractivity contribution in [3.05, 3.63) is 23.8 Å². The summed E-state index contributed by atoms with van der Waals surface area (Å²) in [5, 5.41) is 2.93. The zero-order chi connectivity index (χ0) is 15.0. The lowest BCUT2D eigenvalue weighted by Gasteiger charge is -2.10. The molecule has 0 heterocycles. The minimum Gasteiger partial charge on any atom is -0.493 e. The minimum atomic E-state index is 0.124. The van der Waals surface area contributed by atoms with E-state index in [1.54, 1.807) is 14.2 Å². The highest BCUT2D eigenvalue weighted by atomic mass is 16.5. The number of nitrogens with one attached hydrogen (secondary N) is 1. The van der Waals surface area contributed by atoms with Crippen LogP contribution in [0.4, 0.5) is 0 Å². The number of aryl methyl sites for hydroxylation is 1. The van der Waals surface area contributed by atoms with Crippen LogP contribution < -0.4 is 14.8 Å². The highest BCUT2D eigenvalue weighted by molar-refractivity contribution is 5.75. The molecule has 112 valence electrons. The number of ether oxygens (including phenoxy) is 2. The Morgan fingerprint density at radius 1 is 1.20 bits per heavy atom. The predicted octanol–water partition coefficient (Wildman–Crippen LogP) is 2.80. The third-order valence-electron chi connectivity index (χ3n) is 3.02. The minimum absolute atomic E-state index is 0.124. The molecule has 0 saturated heterocycles. The molecular formula is C16H25NO3. The van der Waals surface area contributed by atoms with Gasteiger partial charge in [0, 0.05) is 13.0 Å². The smallest absolute Gasteiger partial charge is 0.220 e. The molecule has 4 heteroatoms. The van der Waals surface area contributed by atoms with E-state index < -0.39 is 0 Å². The standard InChI is InChI=1S/C16H25NO3/c1-12(2)11-17-16(18)7-5-6-13-8-9-14(19-3)15(10-13)20-4/h8-10,12H,5-7,11H2,1-4H3,(H,17,18). The Kier molecular flexibility index (Phi) is 6.91. The van der Waals surface area contributed by atoms with Crippen molar-refractivity contribution in [2.75, 3.05) is 20.8 Å². The van der Waals surface area contributed by atoms with Gasteiger partial charge in [-0.1, -0.05) is 19.9 Å². The summed E-state index contributed by atoms with van der Waals surface area (Å²) < 4.78 is 10.5. The summed E-state index contributed by atoms with van der Waals surface area (Å²) in [6, 6.07) is 5.87. The van der Waals surface area contributed by atoms with Crippen LogP contribution in [0.1, 0.15) is 32.3 Å². The van der Waals surface area contributed by atoms with E-state index in [1.807, 2.05) is 18.2 Å². The Balaban J connectivity index is 2.40. The molecule has 0 aliphatic rings. The third kappa shape index (κ3) is 5.51. The molecule has 0 aliphatic heterocycles. The summed E-state index contributed by atoms with van der Waals surface area (Å²) in [5.41, 5.74) is 1.15. The molecule has 0 unspecified atom stereocenters. The van der Waals surface area contributed by atoms with Crippen molar-refractivity contribution in [3.63, 3.8) is 0 Å². The van der Waals surface area contributed by atoms with Crippen LogP contribution in [0.3, 0.4) is 0 Å². The zero-order valence-corrected chi connectivity index (χ0v) is 12.9. The molecule has 0 atom stereocenters. The van der Waals surface area contributed by atoms with E-state index in [4.69, 9.17) is 9.47 Å². The molecule has 1 aromatic carbocycles. The van der Waals surface area contributed by atoms with E-state index in [2.05, 4.69) is 19.2 Å². The van der Waals surface area contributed by atoms with E-state index in [9.17, 15) is 4.79 Å². The van der Waals surface area contributed by atoms with Gasteiger partial charge >= 0.3 is 0 Å². The maximum Gasteiger partial charge on any atom is 0.220 e. The first-order chi connectivity index (χ1) is 9.56. The second kappa shape index (κ2) is 8.46. The molecular weight excluding hydrogens is 254 g/mol. The number of methoxy groups -OCH3 is 2. The number of carbonyl (C=O) groups excluding carboxylic acids is 1. The van der Waals surface area contributed by atoms with Crippen LogP contribution in [0, 0.1) is 5.92 Å². The van der Waals surface area contributed by atoms with Gasteiger partial charge < -0.3 is 14.8 Å². The normalized spacial score (nSPS) is 10.4. The maximum absolute atomic E-state index is 11.6. The zero-order valence-electron chi connectivity index (χ0n) is 12.9. The average molecular weight is 279 g/mol. The quantitative estimate of drug-likeness (QED) is 0.796. The molecule has 0 fully saturated rings. The van der Waals surface area contributed by atoms with Crippen LogP contribution in [0.5, 0.6) is 11.5 Å². The van der Waals surface area contributed by atoms with Gasteiger partial charge in [0.25, 0.3) is 0 Å². The summed E-state index contributed by atoms with van der Waals surface area (Å²) >= 11 is 0. The Hall–Kier alpha value is -1.71. The number of hydrogen-bond acceptors (Lipinski definition) is 3. The third-order valence-corrected chi connectivity index (χ3v) is 3.02. The molecule has 0 aliphatic carbocycles. The monoisotopic (exact) mass is 279 g/mol. The van der Waals surface area contributed by atoms with Gasteiger partial charge in [-0.15, -0.1) is 0 Å². The molecule has 1 rings (SSSR count). The molecule has 0 radical (unpaired) electrons. The van der Waals surface area contributed by atoms with Gasteiger partial charge in [-0.3, -0.25) is 4.79 Å². The Labute approximate surface area is 121 Å². The highest BCUT2D eigenvalue weighted by Gasteiger charge is 2.06. The van der Waals surface area contributed by atoms with E-state index in [-0.39, 0.29) is 5.91 Å². The van der Waals surface area contributed by atoms with Gasteiger partial charge in [-0.05, 0) is 36.5 Å². The number of carbonyl (C=O) groups is 1. The van der Waals surface area contributed by atoms with E-state index in [0.717, 1.165) is 36.4 Å². The Morgan fingerprint density at radius 3 is 2.50 bits per heavy atom. The fourth-order valence-electron chi connectivity index (χ4n) is 1.90. The van der Waals surface area contributed by atoms with Crippen molar-refractivity contribution < 1.29 is 14.3 Å². The number of amides is 1. The molecule has 1 amide bonds. The second-order valence-corrected chi connectivity index (χ2v) is 5.24. The summed E-state index contributed by atoms with van der Waals surface area (Å²) in [5.74, 6) is 2.07. The van der Waals surface area contributed by atoms with Crippen LogP contribution in [0.25, 0.3) is 0 Å². The SMILES string of the molecule is COc1ccc(CCCC(=O)NCC(C)C)cc1OC. The lowest BCUT2D eigenvalue weighted by molar-refractivity contribution is -0.121.